The van der Waals surface area contributed by atoms with E-state index < -0.39 is 6.10 Å². The number of hydrogen-bond donors (Lipinski definition) is 2. The third kappa shape index (κ3) is 5.77. The van der Waals surface area contributed by atoms with Crippen molar-refractivity contribution in [1.82, 2.24) is 5.32 Å². The van der Waals surface area contributed by atoms with Crippen molar-refractivity contribution in [3.05, 3.63) is 35.6 Å². The van der Waals surface area contributed by atoms with Crippen LogP contribution in [0.3, 0.4) is 0 Å². The fourth-order valence-electron chi connectivity index (χ4n) is 1.49. The first-order valence-electron chi connectivity index (χ1n) is 5.96. The summed E-state index contributed by atoms with van der Waals surface area (Å²) < 4.78 is 17.9. The fraction of sp³-hybridized carbons (Fsp3) is 0.538. The molecule has 0 bridgehead atoms. The molecular formula is C13H20FNO2. The average molecular weight is 241 g/mol. The van der Waals surface area contributed by atoms with E-state index in [2.05, 4.69) is 5.32 Å². The summed E-state index contributed by atoms with van der Waals surface area (Å²) in [6.07, 6.45) is 0.326. The summed E-state index contributed by atoms with van der Waals surface area (Å²) in [6, 6.07) is 5.91. The second-order valence-corrected chi connectivity index (χ2v) is 3.82. The van der Waals surface area contributed by atoms with Crippen molar-refractivity contribution in [3.63, 3.8) is 0 Å². The zero-order chi connectivity index (χ0) is 12.5. The molecule has 0 aliphatic carbocycles. The highest BCUT2D eigenvalue weighted by Gasteiger charge is 2.06. The Bertz CT molecular complexity index is 303. The van der Waals surface area contributed by atoms with Crippen LogP contribution < -0.4 is 5.32 Å². The minimum Gasteiger partial charge on any atom is -0.387 e. The van der Waals surface area contributed by atoms with Gasteiger partial charge in [-0.25, -0.2) is 4.39 Å². The minimum atomic E-state index is -0.595. The van der Waals surface area contributed by atoms with Crippen molar-refractivity contribution in [1.29, 1.82) is 0 Å². The summed E-state index contributed by atoms with van der Waals surface area (Å²) >= 11 is 0. The van der Waals surface area contributed by atoms with Crippen LogP contribution in [0.1, 0.15) is 25.0 Å². The van der Waals surface area contributed by atoms with E-state index >= 15 is 0 Å². The molecule has 17 heavy (non-hydrogen) atoms. The van der Waals surface area contributed by atoms with Crippen molar-refractivity contribution in [2.75, 3.05) is 26.3 Å². The van der Waals surface area contributed by atoms with Gasteiger partial charge in [0.1, 0.15) is 5.82 Å². The van der Waals surface area contributed by atoms with Gasteiger partial charge in [0, 0.05) is 19.8 Å². The van der Waals surface area contributed by atoms with Crippen LogP contribution in [0.5, 0.6) is 0 Å². The van der Waals surface area contributed by atoms with Crippen LogP contribution in [0.2, 0.25) is 0 Å². The summed E-state index contributed by atoms with van der Waals surface area (Å²) in [5.41, 5.74) is 0.726. The molecule has 0 amide bonds. The van der Waals surface area contributed by atoms with Gasteiger partial charge in [0.2, 0.25) is 0 Å². The molecule has 0 fully saturated rings. The lowest BCUT2D eigenvalue weighted by molar-refractivity contribution is 0.141. The van der Waals surface area contributed by atoms with Crippen LogP contribution in [0.25, 0.3) is 0 Å². The number of halogens is 1. The van der Waals surface area contributed by atoms with Gasteiger partial charge in [-0.3, -0.25) is 0 Å². The van der Waals surface area contributed by atoms with E-state index in [1.165, 1.54) is 12.1 Å². The quantitative estimate of drug-likeness (QED) is 0.683. The van der Waals surface area contributed by atoms with E-state index in [1.807, 2.05) is 6.92 Å². The summed E-state index contributed by atoms with van der Waals surface area (Å²) in [6.45, 7) is 4.70. The molecule has 96 valence electrons. The zero-order valence-corrected chi connectivity index (χ0v) is 10.2. The molecule has 1 unspecified atom stereocenters. The van der Waals surface area contributed by atoms with Gasteiger partial charge in [-0.1, -0.05) is 12.1 Å². The van der Waals surface area contributed by atoms with Crippen LogP contribution in [-0.4, -0.2) is 31.4 Å². The Morgan fingerprint density at radius 1 is 1.35 bits per heavy atom. The zero-order valence-electron chi connectivity index (χ0n) is 10.2. The third-order valence-corrected chi connectivity index (χ3v) is 2.44. The highest BCUT2D eigenvalue weighted by Crippen LogP contribution is 2.12. The summed E-state index contributed by atoms with van der Waals surface area (Å²) in [7, 11) is 0. The Labute approximate surface area is 102 Å². The number of aliphatic hydroxyl groups is 1. The van der Waals surface area contributed by atoms with Gasteiger partial charge in [-0.2, -0.15) is 0 Å². The lowest BCUT2D eigenvalue weighted by Crippen LogP contribution is -2.23. The van der Waals surface area contributed by atoms with Crippen LogP contribution in [-0.2, 0) is 4.74 Å². The predicted octanol–water partition coefficient (Wildman–Crippen LogP) is 1.88. The van der Waals surface area contributed by atoms with Crippen molar-refractivity contribution in [3.8, 4) is 0 Å². The molecule has 0 saturated heterocycles. The van der Waals surface area contributed by atoms with Crippen molar-refractivity contribution in [2.24, 2.45) is 0 Å². The molecule has 4 heteroatoms. The molecule has 0 aliphatic heterocycles. The highest BCUT2D eigenvalue weighted by atomic mass is 19.1. The Balaban J connectivity index is 2.16. The number of nitrogens with one attached hydrogen (secondary N) is 1. The Morgan fingerprint density at radius 2 is 2.06 bits per heavy atom. The predicted molar refractivity (Wildman–Crippen MR) is 65.3 cm³/mol. The maximum Gasteiger partial charge on any atom is 0.123 e. The molecule has 0 aliphatic rings. The summed E-state index contributed by atoms with van der Waals surface area (Å²) in [5, 5.41) is 12.9. The second-order valence-electron chi connectivity index (χ2n) is 3.82. The van der Waals surface area contributed by atoms with Gasteiger partial charge >= 0.3 is 0 Å². The van der Waals surface area contributed by atoms with Gasteiger partial charge < -0.3 is 15.2 Å². The first-order valence-corrected chi connectivity index (χ1v) is 5.96. The summed E-state index contributed by atoms with van der Waals surface area (Å²) in [5.74, 6) is -0.286. The largest absolute Gasteiger partial charge is 0.387 e. The van der Waals surface area contributed by atoms with Gasteiger partial charge in [-0.15, -0.1) is 0 Å². The van der Waals surface area contributed by atoms with Gasteiger partial charge in [0.05, 0.1) is 6.10 Å². The van der Waals surface area contributed by atoms with Gasteiger partial charge in [0.25, 0.3) is 0 Å². The van der Waals surface area contributed by atoms with E-state index in [1.54, 1.807) is 12.1 Å². The fourth-order valence-corrected chi connectivity index (χ4v) is 1.49. The molecule has 3 nitrogen and oxygen atoms in total. The molecule has 1 aromatic carbocycles. The van der Waals surface area contributed by atoms with Crippen molar-refractivity contribution >= 4 is 0 Å². The minimum absolute atomic E-state index is 0.286. The first-order chi connectivity index (χ1) is 8.24. The van der Waals surface area contributed by atoms with E-state index in [9.17, 15) is 9.50 Å². The molecule has 0 radical (unpaired) electrons. The number of hydrogen-bond acceptors (Lipinski definition) is 3. The average Bonchev–Trinajstić information content (AvgIpc) is 2.34. The number of rotatable bonds is 8. The molecule has 1 aromatic rings. The molecule has 0 heterocycles. The summed E-state index contributed by atoms with van der Waals surface area (Å²) in [4.78, 5) is 0. The third-order valence-electron chi connectivity index (χ3n) is 2.44. The molecule has 1 atom stereocenters. The smallest absolute Gasteiger partial charge is 0.123 e. The maximum absolute atomic E-state index is 12.7. The van der Waals surface area contributed by atoms with Crippen molar-refractivity contribution in [2.45, 2.75) is 19.4 Å². The molecule has 1 rings (SSSR count). The first kappa shape index (κ1) is 14.1. The van der Waals surface area contributed by atoms with Crippen LogP contribution in [0.15, 0.2) is 24.3 Å². The lowest BCUT2D eigenvalue weighted by Gasteiger charge is -2.12. The Morgan fingerprint density at radius 3 is 2.71 bits per heavy atom. The van der Waals surface area contributed by atoms with Crippen LogP contribution >= 0.6 is 0 Å². The molecular weight excluding hydrogens is 221 g/mol. The standard InChI is InChI=1S/C13H20FNO2/c1-2-17-9-3-8-15-10-13(16)11-4-6-12(14)7-5-11/h4-7,13,15-16H,2-3,8-10H2,1H3. The van der Waals surface area contributed by atoms with E-state index in [4.69, 9.17) is 4.74 Å². The van der Waals surface area contributed by atoms with Crippen LogP contribution in [0, 0.1) is 5.82 Å². The normalized spacial score (nSPS) is 12.6. The maximum atomic E-state index is 12.7. The van der Waals surface area contributed by atoms with Crippen molar-refractivity contribution < 1.29 is 14.2 Å². The monoisotopic (exact) mass is 241 g/mol. The van der Waals surface area contributed by atoms with E-state index in [-0.39, 0.29) is 5.82 Å². The number of benzene rings is 1. The lowest BCUT2D eigenvalue weighted by atomic mass is 10.1. The number of ether oxygens (including phenoxy) is 1. The van der Waals surface area contributed by atoms with Gasteiger partial charge in [-0.05, 0) is 37.6 Å². The van der Waals surface area contributed by atoms with Gasteiger partial charge in [0.15, 0.2) is 0 Å². The van der Waals surface area contributed by atoms with E-state index in [0.717, 1.165) is 31.7 Å². The molecule has 0 spiro atoms. The van der Waals surface area contributed by atoms with E-state index in [0.29, 0.717) is 6.54 Å². The van der Waals surface area contributed by atoms with Crippen LogP contribution in [0.4, 0.5) is 4.39 Å². The number of aliphatic hydroxyl groups excluding tert-OH is 1. The topological polar surface area (TPSA) is 41.5 Å². The molecule has 2 N–H and O–H groups in total. The Kier molecular flexibility index (Phi) is 6.77. The highest BCUT2D eigenvalue weighted by molar-refractivity contribution is 5.18. The molecule has 0 saturated carbocycles. The SMILES string of the molecule is CCOCCCNCC(O)c1ccc(F)cc1. The molecule has 0 aromatic heterocycles. The second kappa shape index (κ2) is 8.17. The Hall–Kier alpha value is -0.970.